The normalized spacial score (nSPS) is 22.2. The molecule has 0 aliphatic carbocycles. The minimum atomic E-state index is -0.0630. The van der Waals surface area contributed by atoms with Gasteiger partial charge in [-0.2, -0.15) is 0 Å². The lowest BCUT2D eigenvalue weighted by Gasteiger charge is -2.06. The van der Waals surface area contributed by atoms with E-state index in [0.29, 0.717) is 12.5 Å². The summed E-state index contributed by atoms with van der Waals surface area (Å²) in [6, 6.07) is -0.0630. The minimum absolute atomic E-state index is 0.0630. The quantitative estimate of drug-likeness (QED) is 0.649. The summed E-state index contributed by atoms with van der Waals surface area (Å²) >= 11 is 0. The van der Waals surface area contributed by atoms with Gasteiger partial charge in [-0.1, -0.05) is 39.0 Å². The van der Waals surface area contributed by atoms with Crippen molar-refractivity contribution in [2.75, 3.05) is 6.54 Å². The lowest BCUT2D eigenvalue weighted by Crippen LogP contribution is -2.29. The van der Waals surface area contributed by atoms with Crippen LogP contribution in [-0.2, 0) is 4.79 Å². The predicted molar refractivity (Wildman–Crippen MR) is 66.4 cm³/mol. The van der Waals surface area contributed by atoms with Crippen LogP contribution in [0.15, 0.2) is 4.99 Å². The number of carbonyl (C=O) groups is 1. The van der Waals surface area contributed by atoms with Gasteiger partial charge in [0.05, 0.1) is 0 Å². The maximum absolute atomic E-state index is 11.5. The van der Waals surface area contributed by atoms with E-state index < -0.39 is 0 Å². The van der Waals surface area contributed by atoms with Gasteiger partial charge in [-0.3, -0.25) is 15.1 Å². The van der Waals surface area contributed by atoms with Gasteiger partial charge in [-0.25, -0.2) is 0 Å². The SMILES string of the molecule is CCCCCCCC1NC(=NCC)NC1=O. The van der Waals surface area contributed by atoms with E-state index in [9.17, 15) is 4.79 Å². The molecule has 2 N–H and O–H groups in total. The molecule has 0 spiro atoms. The van der Waals surface area contributed by atoms with Crippen LogP contribution < -0.4 is 10.6 Å². The van der Waals surface area contributed by atoms with Crippen molar-refractivity contribution in [2.45, 2.75) is 58.4 Å². The molecule has 16 heavy (non-hydrogen) atoms. The monoisotopic (exact) mass is 225 g/mol. The second-order valence-corrected chi connectivity index (χ2v) is 4.21. The van der Waals surface area contributed by atoms with Crippen molar-refractivity contribution in [3.8, 4) is 0 Å². The first-order valence-electron chi connectivity index (χ1n) is 6.39. The van der Waals surface area contributed by atoms with Crippen molar-refractivity contribution >= 4 is 11.9 Å². The van der Waals surface area contributed by atoms with Crippen LogP contribution >= 0.6 is 0 Å². The number of amides is 1. The lowest BCUT2D eigenvalue weighted by molar-refractivity contribution is -0.120. The van der Waals surface area contributed by atoms with Gasteiger partial charge in [-0.05, 0) is 13.3 Å². The first kappa shape index (κ1) is 13.0. The third-order valence-corrected chi connectivity index (χ3v) is 2.78. The second kappa shape index (κ2) is 7.25. The zero-order valence-corrected chi connectivity index (χ0v) is 10.4. The summed E-state index contributed by atoms with van der Waals surface area (Å²) in [6.07, 6.45) is 7.09. The number of carbonyl (C=O) groups excluding carboxylic acids is 1. The van der Waals surface area contributed by atoms with E-state index in [2.05, 4.69) is 22.5 Å². The Morgan fingerprint density at radius 3 is 2.62 bits per heavy atom. The van der Waals surface area contributed by atoms with Gasteiger partial charge in [0.1, 0.15) is 6.04 Å². The number of nitrogens with zero attached hydrogens (tertiary/aromatic N) is 1. The molecule has 0 saturated carbocycles. The molecule has 1 heterocycles. The van der Waals surface area contributed by atoms with Gasteiger partial charge in [-0.15, -0.1) is 0 Å². The van der Waals surface area contributed by atoms with E-state index in [-0.39, 0.29) is 11.9 Å². The zero-order valence-electron chi connectivity index (χ0n) is 10.4. The molecular formula is C12H23N3O. The molecular weight excluding hydrogens is 202 g/mol. The molecule has 1 amide bonds. The Morgan fingerprint density at radius 1 is 1.19 bits per heavy atom. The van der Waals surface area contributed by atoms with E-state index in [4.69, 9.17) is 0 Å². The highest BCUT2D eigenvalue weighted by atomic mass is 16.2. The fourth-order valence-corrected chi connectivity index (χ4v) is 1.87. The van der Waals surface area contributed by atoms with Crippen LogP contribution in [0.3, 0.4) is 0 Å². The Morgan fingerprint density at radius 2 is 1.94 bits per heavy atom. The summed E-state index contributed by atoms with van der Waals surface area (Å²) in [5.74, 6) is 0.716. The summed E-state index contributed by atoms with van der Waals surface area (Å²) in [5.41, 5.74) is 0. The number of hydrogen-bond donors (Lipinski definition) is 2. The summed E-state index contributed by atoms with van der Waals surface area (Å²) in [7, 11) is 0. The molecule has 1 unspecified atom stereocenters. The van der Waals surface area contributed by atoms with Gasteiger partial charge >= 0.3 is 0 Å². The smallest absolute Gasteiger partial charge is 0.249 e. The molecule has 1 fully saturated rings. The van der Waals surface area contributed by atoms with Crippen molar-refractivity contribution < 1.29 is 4.79 Å². The van der Waals surface area contributed by atoms with E-state index in [0.717, 1.165) is 12.8 Å². The summed E-state index contributed by atoms with van der Waals surface area (Å²) < 4.78 is 0. The van der Waals surface area contributed by atoms with Crippen LogP contribution in [-0.4, -0.2) is 24.5 Å². The average molecular weight is 225 g/mol. The number of guanidine groups is 1. The molecule has 1 rings (SSSR count). The van der Waals surface area contributed by atoms with E-state index in [1.165, 1.54) is 25.7 Å². The largest absolute Gasteiger partial charge is 0.344 e. The van der Waals surface area contributed by atoms with E-state index in [1.807, 2.05) is 6.92 Å². The molecule has 4 heteroatoms. The van der Waals surface area contributed by atoms with Crippen molar-refractivity contribution in [3.05, 3.63) is 0 Å². The molecule has 0 aromatic rings. The molecule has 0 radical (unpaired) electrons. The third-order valence-electron chi connectivity index (χ3n) is 2.78. The number of unbranched alkanes of at least 4 members (excludes halogenated alkanes) is 4. The fraction of sp³-hybridized carbons (Fsp3) is 0.833. The van der Waals surface area contributed by atoms with Crippen molar-refractivity contribution in [2.24, 2.45) is 4.99 Å². The Kier molecular flexibility index (Phi) is 5.90. The van der Waals surface area contributed by atoms with Crippen LogP contribution in [0, 0.1) is 0 Å². The van der Waals surface area contributed by atoms with Crippen LogP contribution in [0.25, 0.3) is 0 Å². The Balaban J connectivity index is 2.18. The maximum atomic E-state index is 11.5. The molecule has 92 valence electrons. The number of nitrogens with one attached hydrogen (secondary N) is 2. The molecule has 1 aliphatic heterocycles. The van der Waals surface area contributed by atoms with E-state index >= 15 is 0 Å². The highest BCUT2D eigenvalue weighted by Crippen LogP contribution is 2.09. The second-order valence-electron chi connectivity index (χ2n) is 4.21. The first-order chi connectivity index (χ1) is 7.77. The summed E-state index contributed by atoms with van der Waals surface area (Å²) in [4.78, 5) is 15.7. The van der Waals surface area contributed by atoms with Gasteiger partial charge in [0, 0.05) is 6.54 Å². The zero-order chi connectivity index (χ0) is 11.8. The summed E-state index contributed by atoms with van der Waals surface area (Å²) in [5, 5.41) is 5.88. The number of aliphatic imine (C=N–C) groups is 1. The van der Waals surface area contributed by atoms with Gasteiger partial charge < -0.3 is 5.32 Å². The minimum Gasteiger partial charge on any atom is -0.344 e. The standard InChI is InChI=1S/C12H23N3O/c1-3-5-6-7-8-9-10-11(16)15-12(14-10)13-4-2/h10H,3-9H2,1-2H3,(H2,13,14,15,16). The number of hydrogen-bond acceptors (Lipinski definition) is 2. The van der Waals surface area contributed by atoms with Gasteiger partial charge in [0.25, 0.3) is 0 Å². The molecule has 1 aliphatic rings. The lowest BCUT2D eigenvalue weighted by atomic mass is 10.1. The molecule has 4 nitrogen and oxygen atoms in total. The van der Waals surface area contributed by atoms with Crippen molar-refractivity contribution in [3.63, 3.8) is 0 Å². The first-order valence-corrected chi connectivity index (χ1v) is 6.39. The Hall–Kier alpha value is -1.06. The highest BCUT2D eigenvalue weighted by molar-refractivity contribution is 6.06. The van der Waals surface area contributed by atoms with Gasteiger partial charge in [0.15, 0.2) is 5.96 Å². The molecule has 0 aromatic carbocycles. The predicted octanol–water partition coefficient (Wildman–Crippen LogP) is 1.81. The van der Waals surface area contributed by atoms with Crippen LogP contribution in [0.4, 0.5) is 0 Å². The number of rotatable bonds is 7. The third kappa shape index (κ3) is 4.21. The molecule has 0 aromatic heterocycles. The Bertz CT molecular complexity index is 251. The average Bonchev–Trinajstić information content (AvgIpc) is 2.60. The molecule has 0 bridgehead atoms. The van der Waals surface area contributed by atoms with Crippen molar-refractivity contribution in [1.82, 2.24) is 10.6 Å². The van der Waals surface area contributed by atoms with E-state index in [1.54, 1.807) is 0 Å². The maximum Gasteiger partial charge on any atom is 0.249 e. The Labute approximate surface area is 97.9 Å². The highest BCUT2D eigenvalue weighted by Gasteiger charge is 2.26. The summed E-state index contributed by atoms with van der Waals surface area (Å²) in [6.45, 7) is 4.87. The van der Waals surface area contributed by atoms with Gasteiger partial charge in [0.2, 0.25) is 5.91 Å². The van der Waals surface area contributed by atoms with Crippen molar-refractivity contribution in [1.29, 1.82) is 0 Å². The van der Waals surface area contributed by atoms with Crippen LogP contribution in [0.1, 0.15) is 52.4 Å². The fourth-order valence-electron chi connectivity index (χ4n) is 1.87. The molecule has 1 saturated heterocycles. The molecule has 1 atom stereocenters. The van der Waals surface area contributed by atoms with Crippen LogP contribution in [0.2, 0.25) is 0 Å². The topological polar surface area (TPSA) is 53.5 Å². The van der Waals surface area contributed by atoms with Crippen LogP contribution in [0.5, 0.6) is 0 Å².